The standard InChI is InChI=1S/C20H14N6O/c21-9-12-2-1-3-14(8-12)16-10-26(18-17(16)24-11-25-19(18)22)15-6-4-13(5-7-15)20(23)27/h1-8,10-11H,(H2,23,27)(H2,22,24,25). The van der Waals surface area contributed by atoms with Gasteiger partial charge in [0.2, 0.25) is 5.91 Å². The number of rotatable bonds is 3. The average molecular weight is 354 g/mol. The molecule has 2 aromatic carbocycles. The van der Waals surface area contributed by atoms with E-state index in [9.17, 15) is 10.1 Å². The third kappa shape index (κ3) is 2.75. The molecule has 4 rings (SSSR count). The van der Waals surface area contributed by atoms with E-state index in [2.05, 4.69) is 16.0 Å². The van der Waals surface area contributed by atoms with Gasteiger partial charge in [-0.15, -0.1) is 0 Å². The Morgan fingerprint density at radius 3 is 2.59 bits per heavy atom. The van der Waals surface area contributed by atoms with Gasteiger partial charge in [-0.3, -0.25) is 4.79 Å². The zero-order chi connectivity index (χ0) is 19.0. The maximum atomic E-state index is 11.3. The SMILES string of the molecule is N#Cc1cccc(-c2cn(-c3ccc(C(N)=O)cc3)c3c(N)ncnc23)c1. The second kappa shape index (κ2) is 6.28. The number of nitrogen functional groups attached to an aromatic ring is 1. The Hall–Kier alpha value is -4.18. The van der Waals surface area contributed by atoms with E-state index in [4.69, 9.17) is 11.5 Å². The van der Waals surface area contributed by atoms with Crippen molar-refractivity contribution in [1.82, 2.24) is 14.5 Å². The van der Waals surface area contributed by atoms with Crippen molar-refractivity contribution in [3.05, 3.63) is 72.2 Å². The summed E-state index contributed by atoms with van der Waals surface area (Å²) in [5.74, 6) is -0.155. The first-order valence-corrected chi connectivity index (χ1v) is 8.11. The number of hydrogen-bond donors (Lipinski definition) is 2. The summed E-state index contributed by atoms with van der Waals surface area (Å²) in [6.45, 7) is 0. The number of nitriles is 1. The number of aromatic nitrogens is 3. The fourth-order valence-electron chi connectivity index (χ4n) is 3.04. The highest BCUT2D eigenvalue weighted by atomic mass is 16.1. The van der Waals surface area contributed by atoms with Gasteiger partial charge >= 0.3 is 0 Å². The van der Waals surface area contributed by atoms with Crippen LogP contribution in [-0.2, 0) is 0 Å². The van der Waals surface area contributed by atoms with Gasteiger partial charge in [-0.1, -0.05) is 12.1 Å². The fraction of sp³-hybridized carbons (Fsp3) is 0. The molecule has 2 heterocycles. The Kier molecular flexibility index (Phi) is 3.79. The van der Waals surface area contributed by atoms with Gasteiger partial charge < -0.3 is 16.0 Å². The Morgan fingerprint density at radius 1 is 1.11 bits per heavy atom. The van der Waals surface area contributed by atoms with Crippen LogP contribution in [0.4, 0.5) is 5.82 Å². The number of amides is 1. The van der Waals surface area contributed by atoms with E-state index in [-0.39, 0.29) is 0 Å². The Bertz CT molecular complexity index is 1220. The van der Waals surface area contributed by atoms with Crippen LogP contribution < -0.4 is 11.5 Å². The number of fused-ring (bicyclic) bond motifs is 1. The lowest BCUT2D eigenvalue weighted by Crippen LogP contribution is -2.10. The summed E-state index contributed by atoms with van der Waals surface area (Å²) in [7, 11) is 0. The van der Waals surface area contributed by atoms with Crippen molar-refractivity contribution >= 4 is 22.8 Å². The van der Waals surface area contributed by atoms with Crippen LogP contribution in [0, 0.1) is 11.3 Å². The molecule has 130 valence electrons. The number of carbonyl (C=O) groups excluding carboxylic acids is 1. The van der Waals surface area contributed by atoms with Gasteiger partial charge in [0.25, 0.3) is 0 Å². The van der Waals surface area contributed by atoms with Crippen molar-refractivity contribution in [3.63, 3.8) is 0 Å². The van der Waals surface area contributed by atoms with Crippen molar-refractivity contribution in [2.75, 3.05) is 5.73 Å². The lowest BCUT2D eigenvalue weighted by molar-refractivity contribution is 0.100. The predicted octanol–water partition coefficient (Wildman–Crippen LogP) is 2.64. The molecule has 0 unspecified atom stereocenters. The highest BCUT2D eigenvalue weighted by molar-refractivity contribution is 5.99. The molecule has 0 aliphatic rings. The molecule has 1 amide bonds. The molecule has 4 aromatic rings. The molecule has 0 aliphatic heterocycles. The van der Waals surface area contributed by atoms with Gasteiger partial charge in [0.15, 0.2) is 5.82 Å². The number of primary amides is 1. The van der Waals surface area contributed by atoms with Crippen LogP contribution in [0.5, 0.6) is 0 Å². The van der Waals surface area contributed by atoms with E-state index in [1.807, 2.05) is 22.9 Å². The van der Waals surface area contributed by atoms with Crippen LogP contribution in [-0.4, -0.2) is 20.4 Å². The van der Waals surface area contributed by atoms with Crippen LogP contribution in [0.25, 0.3) is 27.8 Å². The Balaban J connectivity index is 1.97. The normalized spacial score (nSPS) is 10.6. The topological polar surface area (TPSA) is 124 Å². The zero-order valence-electron chi connectivity index (χ0n) is 14.1. The summed E-state index contributed by atoms with van der Waals surface area (Å²) < 4.78 is 1.86. The third-order valence-electron chi connectivity index (χ3n) is 4.34. The molecule has 0 fully saturated rings. The smallest absolute Gasteiger partial charge is 0.248 e. The van der Waals surface area contributed by atoms with Gasteiger partial charge in [0.1, 0.15) is 17.4 Å². The minimum Gasteiger partial charge on any atom is -0.382 e. The van der Waals surface area contributed by atoms with Crippen LogP contribution in [0.3, 0.4) is 0 Å². The molecule has 7 nitrogen and oxygen atoms in total. The molecule has 0 bridgehead atoms. The summed E-state index contributed by atoms with van der Waals surface area (Å²) in [5.41, 5.74) is 16.2. The second-order valence-corrected chi connectivity index (χ2v) is 5.97. The summed E-state index contributed by atoms with van der Waals surface area (Å²) in [6.07, 6.45) is 3.31. The van der Waals surface area contributed by atoms with Crippen molar-refractivity contribution in [2.45, 2.75) is 0 Å². The highest BCUT2D eigenvalue weighted by Gasteiger charge is 2.16. The second-order valence-electron chi connectivity index (χ2n) is 5.97. The number of carbonyl (C=O) groups is 1. The van der Waals surface area contributed by atoms with Crippen LogP contribution in [0.1, 0.15) is 15.9 Å². The first kappa shape index (κ1) is 16.3. The van der Waals surface area contributed by atoms with Crippen LogP contribution in [0.2, 0.25) is 0 Å². The monoisotopic (exact) mass is 354 g/mol. The van der Waals surface area contributed by atoms with Gasteiger partial charge in [-0.05, 0) is 42.0 Å². The molecule has 0 atom stereocenters. The zero-order valence-corrected chi connectivity index (χ0v) is 14.1. The molecule has 0 aliphatic carbocycles. The Labute approximate surface area is 154 Å². The first-order chi connectivity index (χ1) is 13.1. The molecule has 4 N–H and O–H groups in total. The van der Waals surface area contributed by atoms with Crippen molar-refractivity contribution in [1.29, 1.82) is 5.26 Å². The largest absolute Gasteiger partial charge is 0.382 e. The van der Waals surface area contributed by atoms with E-state index in [1.54, 1.807) is 36.4 Å². The maximum Gasteiger partial charge on any atom is 0.248 e. The lowest BCUT2D eigenvalue weighted by atomic mass is 10.1. The molecule has 7 heteroatoms. The lowest BCUT2D eigenvalue weighted by Gasteiger charge is -2.06. The number of nitrogens with zero attached hydrogens (tertiary/aromatic N) is 4. The summed E-state index contributed by atoms with van der Waals surface area (Å²) >= 11 is 0. The highest BCUT2D eigenvalue weighted by Crippen LogP contribution is 2.33. The van der Waals surface area contributed by atoms with Gasteiger partial charge in [0.05, 0.1) is 11.6 Å². The molecule has 27 heavy (non-hydrogen) atoms. The molecule has 0 spiro atoms. The molecule has 0 saturated heterocycles. The van der Waals surface area contributed by atoms with E-state index >= 15 is 0 Å². The number of hydrogen-bond acceptors (Lipinski definition) is 5. The minimum atomic E-state index is -0.490. The average Bonchev–Trinajstić information content (AvgIpc) is 3.09. The van der Waals surface area contributed by atoms with Crippen molar-refractivity contribution in [3.8, 4) is 22.9 Å². The Morgan fingerprint density at radius 2 is 1.89 bits per heavy atom. The summed E-state index contributed by atoms with van der Waals surface area (Å²) in [5, 5.41) is 9.18. The minimum absolute atomic E-state index is 0.335. The van der Waals surface area contributed by atoms with E-state index < -0.39 is 5.91 Å². The van der Waals surface area contributed by atoms with Crippen LogP contribution >= 0.6 is 0 Å². The molecule has 0 radical (unpaired) electrons. The third-order valence-corrected chi connectivity index (χ3v) is 4.34. The van der Waals surface area contributed by atoms with Crippen LogP contribution in [0.15, 0.2) is 61.1 Å². The quantitative estimate of drug-likeness (QED) is 0.585. The van der Waals surface area contributed by atoms with Crippen molar-refractivity contribution in [2.24, 2.45) is 5.73 Å². The number of benzene rings is 2. The number of anilines is 1. The fourth-order valence-corrected chi connectivity index (χ4v) is 3.04. The van der Waals surface area contributed by atoms with Gasteiger partial charge in [0, 0.05) is 23.0 Å². The van der Waals surface area contributed by atoms with Crippen molar-refractivity contribution < 1.29 is 4.79 Å². The molecular formula is C20H14N6O. The molecule has 2 aromatic heterocycles. The summed E-state index contributed by atoms with van der Waals surface area (Å²) in [4.78, 5) is 19.8. The maximum absolute atomic E-state index is 11.3. The molecule has 0 saturated carbocycles. The van der Waals surface area contributed by atoms with Gasteiger partial charge in [-0.25, -0.2) is 9.97 Å². The van der Waals surface area contributed by atoms with E-state index in [0.717, 1.165) is 16.8 Å². The molecular weight excluding hydrogens is 340 g/mol. The van der Waals surface area contributed by atoms with E-state index in [1.165, 1.54) is 6.33 Å². The number of nitrogens with two attached hydrogens (primary N) is 2. The first-order valence-electron chi connectivity index (χ1n) is 8.11. The van der Waals surface area contributed by atoms with Gasteiger partial charge in [-0.2, -0.15) is 5.26 Å². The predicted molar refractivity (Wildman–Crippen MR) is 102 cm³/mol. The summed E-state index contributed by atoms with van der Waals surface area (Å²) in [6, 6.07) is 16.3. The van der Waals surface area contributed by atoms with E-state index in [0.29, 0.717) is 28.0 Å².